The van der Waals surface area contributed by atoms with Crippen LogP contribution in [0.2, 0.25) is 0 Å². The fourth-order valence-corrected chi connectivity index (χ4v) is 14.4. The third kappa shape index (κ3) is 5.67. The molecule has 8 aliphatic rings. The maximum Gasteiger partial charge on any atom is 0.333 e. The number of aliphatic hydroxyl groups excluding tert-OH is 8. The van der Waals surface area contributed by atoms with E-state index in [2.05, 4.69) is 27.7 Å². The number of aliphatic hydroxyl groups is 8. The molecule has 14 heteroatoms. The van der Waals surface area contributed by atoms with E-state index < -0.39 is 79.5 Å². The summed E-state index contributed by atoms with van der Waals surface area (Å²) in [4.78, 5) is 12.5. The fraction of sp³-hybridized carbons (Fsp3) is 0.927. The summed E-state index contributed by atoms with van der Waals surface area (Å²) in [5, 5.41) is 85.8. The predicted molar refractivity (Wildman–Crippen MR) is 192 cm³/mol. The number of hydrogen-bond acceptors (Lipinski definition) is 14. The highest BCUT2D eigenvalue weighted by molar-refractivity contribution is 5.88. The van der Waals surface area contributed by atoms with Gasteiger partial charge in [0.1, 0.15) is 48.8 Å². The van der Waals surface area contributed by atoms with Crippen LogP contribution in [-0.4, -0.2) is 140 Å². The summed E-state index contributed by atoms with van der Waals surface area (Å²) in [5.74, 6) is 0.273. The van der Waals surface area contributed by atoms with Crippen LogP contribution in [0.1, 0.15) is 92.4 Å². The molecule has 0 bridgehead atoms. The highest BCUT2D eigenvalue weighted by Gasteiger charge is 2.83. The van der Waals surface area contributed by atoms with Gasteiger partial charge in [-0.25, -0.2) is 4.79 Å². The second-order valence-corrected chi connectivity index (χ2v) is 19.6. The molecule has 14 nitrogen and oxygen atoms in total. The van der Waals surface area contributed by atoms with Crippen molar-refractivity contribution in [1.82, 2.24) is 0 Å². The molecule has 312 valence electrons. The minimum Gasteiger partial charge on any atom is -0.458 e. The van der Waals surface area contributed by atoms with E-state index in [0.29, 0.717) is 30.8 Å². The Morgan fingerprint density at radius 3 is 2.24 bits per heavy atom. The Labute approximate surface area is 323 Å². The predicted octanol–water partition coefficient (Wildman–Crippen LogP) is 0.915. The van der Waals surface area contributed by atoms with Crippen molar-refractivity contribution in [2.24, 2.45) is 50.7 Å². The van der Waals surface area contributed by atoms with Gasteiger partial charge in [-0.1, -0.05) is 33.8 Å². The van der Waals surface area contributed by atoms with E-state index in [0.717, 1.165) is 38.5 Å². The lowest BCUT2D eigenvalue weighted by Gasteiger charge is -2.63. The summed E-state index contributed by atoms with van der Waals surface area (Å²) in [5.41, 5.74) is -0.218. The Hall–Kier alpha value is -1.27. The summed E-state index contributed by atoms with van der Waals surface area (Å²) in [6, 6.07) is 0. The lowest BCUT2D eigenvalue weighted by atomic mass is 9.41. The monoisotopic (exact) mass is 780 g/mol. The summed E-state index contributed by atoms with van der Waals surface area (Å²) < 4.78 is 30.0. The Morgan fingerprint density at radius 1 is 0.836 bits per heavy atom. The number of ether oxygens (including phenoxy) is 5. The number of esters is 1. The Balaban J connectivity index is 1.01. The maximum atomic E-state index is 12.5. The molecule has 0 amide bonds. The van der Waals surface area contributed by atoms with Crippen LogP contribution in [0.3, 0.4) is 0 Å². The van der Waals surface area contributed by atoms with Crippen molar-refractivity contribution in [3.63, 3.8) is 0 Å². The number of carbonyl (C=O) groups excluding carboxylic acids is 1. The minimum absolute atomic E-state index is 0.00114. The van der Waals surface area contributed by atoms with Gasteiger partial charge in [0.15, 0.2) is 12.6 Å². The van der Waals surface area contributed by atoms with Gasteiger partial charge in [0.25, 0.3) is 0 Å². The highest BCUT2D eigenvalue weighted by Crippen LogP contribution is 2.89. The van der Waals surface area contributed by atoms with Crippen LogP contribution in [0.5, 0.6) is 0 Å². The molecule has 2 spiro atoms. The minimum atomic E-state index is -1.73. The van der Waals surface area contributed by atoms with Gasteiger partial charge in [-0.05, 0) is 104 Å². The summed E-state index contributed by atoms with van der Waals surface area (Å²) in [6.45, 7) is 9.76. The average molecular weight is 781 g/mol. The van der Waals surface area contributed by atoms with Crippen LogP contribution in [0.25, 0.3) is 0 Å². The van der Waals surface area contributed by atoms with Gasteiger partial charge < -0.3 is 64.5 Å². The van der Waals surface area contributed by atoms with Crippen LogP contribution in [0.15, 0.2) is 11.6 Å². The standard InChI is InChI=1S/C41H64O14/c1-19-6-7-23(52-34(19)50)20(2)28-21(44)14-39(5)26-9-8-25-37(3,18-43)27(10-11-40(25)17-41(26,40)13-12-38(28,39)4)54-36-33(29(46)22(45)16-51-36)55-35-32(49)31(48)30(47)24(15-42)53-35/h6,20-33,35-36,42-49H,7-18H2,1-5H3/t20-,21-,22+,23+,24-,25+,26+,27+,28+,29+,30-,31+,32-,33-,35+,36+,37+,38-,39+,40-,41+/m1/s1. The lowest BCUT2D eigenvalue weighted by Crippen LogP contribution is -2.64. The van der Waals surface area contributed by atoms with Crippen LogP contribution in [0.4, 0.5) is 0 Å². The fourth-order valence-electron chi connectivity index (χ4n) is 14.4. The number of hydrogen-bond donors (Lipinski definition) is 8. The number of rotatable bonds is 8. The molecule has 7 fully saturated rings. The third-order valence-corrected chi connectivity index (χ3v) is 17.5. The largest absolute Gasteiger partial charge is 0.458 e. The lowest BCUT2D eigenvalue weighted by molar-refractivity contribution is -0.367. The molecule has 3 aliphatic heterocycles. The van der Waals surface area contributed by atoms with Gasteiger partial charge in [0, 0.05) is 17.4 Å². The number of cyclic esters (lactones) is 1. The van der Waals surface area contributed by atoms with Gasteiger partial charge in [0.2, 0.25) is 0 Å². The molecule has 3 heterocycles. The highest BCUT2D eigenvalue weighted by atomic mass is 16.8. The second-order valence-electron chi connectivity index (χ2n) is 19.6. The molecule has 5 saturated carbocycles. The molecule has 8 rings (SSSR count). The first-order valence-electron chi connectivity index (χ1n) is 20.7. The number of fused-ring (bicyclic) bond motifs is 2. The quantitative estimate of drug-likeness (QED) is 0.127. The van der Waals surface area contributed by atoms with Crippen molar-refractivity contribution in [3.05, 3.63) is 11.6 Å². The van der Waals surface area contributed by atoms with E-state index in [4.69, 9.17) is 23.7 Å². The maximum absolute atomic E-state index is 12.5. The summed E-state index contributed by atoms with van der Waals surface area (Å²) in [7, 11) is 0. The van der Waals surface area contributed by atoms with Crippen molar-refractivity contribution in [3.8, 4) is 0 Å². The van der Waals surface area contributed by atoms with Crippen LogP contribution in [0, 0.1) is 50.7 Å². The molecule has 0 aromatic carbocycles. The van der Waals surface area contributed by atoms with Gasteiger partial charge in [-0.2, -0.15) is 0 Å². The van der Waals surface area contributed by atoms with Crippen molar-refractivity contribution in [2.75, 3.05) is 19.8 Å². The molecular formula is C41H64O14. The molecule has 5 aliphatic carbocycles. The van der Waals surface area contributed by atoms with E-state index in [-0.39, 0.29) is 64.7 Å². The van der Waals surface area contributed by atoms with Crippen molar-refractivity contribution >= 4 is 5.97 Å². The van der Waals surface area contributed by atoms with E-state index >= 15 is 0 Å². The van der Waals surface area contributed by atoms with Crippen molar-refractivity contribution in [2.45, 2.75) is 166 Å². The summed E-state index contributed by atoms with van der Waals surface area (Å²) >= 11 is 0. The van der Waals surface area contributed by atoms with Crippen LogP contribution < -0.4 is 0 Å². The molecule has 0 aromatic heterocycles. The molecule has 2 saturated heterocycles. The smallest absolute Gasteiger partial charge is 0.333 e. The van der Waals surface area contributed by atoms with Crippen LogP contribution >= 0.6 is 0 Å². The molecule has 21 atom stereocenters. The normalized spacial score (nSPS) is 56.6. The summed E-state index contributed by atoms with van der Waals surface area (Å²) in [6.07, 6.45) is -4.78. The van der Waals surface area contributed by atoms with Gasteiger partial charge >= 0.3 is 5.97 Å². The zero-order valence-corrected chi connectivity index (χ0v) is 32.8. The van der Waals surface area contributed by atoms with Crippen molar-refractivity contribution in [1.29, 1.82) is 0 Å². The van der Waals surface area contributed by atoms with Gasteiger partial charge in [-0.3, -0.25) is 0 Å². The first-order valence-corrected chi connectivity index (χ1v) is 20.7. The Morgan fingerprint density at radius 2 is 1.55 bits per heavy atom. The van der Waals surface area contributed by atoms with E-state index in [9.17, 15) is 45.6 Å². The van der Waals surface area contributed by atoms with Crippen molar-refractivity contribution < 1.29 is 69.3 Å². The first kappa shape index (κ1) is 40.5. The number of carbonyl (C=O) groups is 1. The zero-order valence-electron chi connectivity index (χ0n) is 32.8. The zero-order chi connectivity index (χ0) is 39.6. The SMILES string of the molecule is CC1=CC[C@@H]([C@@H](C)[C@H]2[C@H](O)C[C@@]3(C)[C@@H]4CC[C@H]5[C@](C)(CO)[C@@H](O[C@@H]6OC[C@H](O)[C@H](O)[C@H]6O[C@@H]6O[C@H](CO)[C@@H](O)[C@H](O)[C@H]6O)CC[C@@]56C[C@@]46CC[C@]23C)OC1=O. The molecule has 0 aromatic rings. The van der Waals surface area contributed by atoms with Gasteiger partial charge in [-0.15, -0.1) is 0 Å². The van der Waals surface area contributed by atoms with E-state index in [1.807, 2.05) is 6.08 Å². The molecule has 0 radical (unpaired) electrons. The average Bonchev–Trinajstić information content (AvgIpc) is 3.77. The van der Waals surface area contributed by atoms with E-state index in [1.165, 1.54) is 0 Å². The molecule has 55 heavy (non-hydrogen) atoms. The van der Waals surface area contributed by atoms with Gasteiger partial charge in [0.05, 0.1) is 32.0 Å². The molecule has 0 unspecified atom stereocenters. The Kier molecular flexibility index (Phi) is 10.2. The first-order chi connectivity index (χ1) is 25.9. The Bertz CT molecular complexity index is 1510. The van der Waals surface area contributed by atoms with Crippen LogP contribution in [-0.2, 0) is 28.5 Å². The molecule has 8 N–H and O–H groups in total. The second kappa shape index (κ2) is 13.9. The van der Waals surface area contributed by atoms with E-state index in [1.54, 1.807) is 6.92 Å². The third-order valence-electron chi connectivity index (χ3n) is 17.5. The topological polar surface area (TPSA) is 225 Å². The molecular weight excluding hydrogens is 716 g/mol.